The highest BCUT2D eigenvalue weighted by molar-refractivity contribution is 5.94. The number of nitrogens with zero attached hydrogens (tertiary/aromatic N) is 1. The normalized spacial score (nSPS) is 11.2. The van der Waals surface area contributed by atoms with Gasteiger partial charge in [-0.3, -0.25) is 0 Å². The van der Waals surface area contributed by atoms with Crippen LogP contribution in [0.25, 0.3) is 0 Å². The van der Waals surface area contributed by atoms with Gasteiger partial charge in [-0.15, -0.1) is 0 Å². The molecule has 0 saturated carbocycles. The maximum Gasteiger partial charge on any atom is 0.0793 e. The topological polar surface area (TPSA) is 32.6 Å². The minimum atomic E-state index is 0.629. The molecule has 1 aromatic carbocycles. The molecule has 0 atom stereocenters. The molecular formula is C11H13NO. The molecule has 0 bridgehead atoms. The van der Waals surface area contributed by atoms with E-state index in [4.69, 9.17) is 5.21 Å². The van der Waals surface area contributed by atoms with Crippen molar-refractivity contribution in [3.05, 3.63) is 48.6 Å². The second-order valence-corrected chi connectivity index (χ2v) is 2.78. The smallest absolute Gasteiger partial charge is 0.0793 e. The first kappa shape index (κ1) is 9.52. The summed E-state index contributed by atoms with van der Waals surface area (Å²) in [7, 11) is 0. The summed E-state index contributed by atoms with van der Waals surface area (Å²) in [6, 6.07) is 10.1. The fourth-order valence-corrected chi connectivity index (χ4v) is 1.11. The van der Waals surface area contributed by atoms with E-state index in [1.165, 1.54) is 5.56 Å². The van der Waals surface area contributed by atoms with Gasteiger partial charge < -0.3 is 5.21 Å². The molecule has 0 amide bonds. The highest BCUT2D eigenvalue weighted by atomic mass is 16.4. The van der Waals surface area contributed by atoms with Crippen molar-refractivity contribution in [2.24, 2.45) is 5.16 Å². The number of allylic oxidation sites excluding steroid dienone is 1. The van der Waals surface area contributed by atoms with Crippen LogP contribution < -0.4 is 0 Å². The van der Waals surface area contributed by atoms with Crippen LogP contribution >= 0.6 is 0 Å². The molecule has 0 spiro atoms. The maximum atomic E-state index is 8.52. The Balaban J connectivity index is 2.48. The molecule has 2 heteroatoms. The zero-order chi connectivity index (χ0) is 9.52. The van der Waals surface area contributed by atoms with Gasteiger partial charge in [0.1, 0.15) is 0 Å². The molecule has 0 radical (unpaired) electrons. The molecule has 0 aliphatic rings. The van der Waals surface area contributed by atoms with Crippen LogP contribution in [0.5, 0.6) is 0 Å². The van der Waals surface area contributed by atoms with Gasteiger partial charge in [0.15, 0.2) is 0 Å². The lowest BCUT2D eigenvalue weighted by atomic mass is 10.1. The molecular weight excluding hydrogens is 162 g/mol. The summed E-state index contributed by atoms with van der Waals surface area (Å²) < 4.78 is 0. The van der Waals surface area contributed by atoms with Crippen LogP contribution in [0.1, 0.15) is 12.0 Å². The van der Waals surface area contributed by atoms with E-state index in [1.54, 1.807) is 6.08 Å². The summed E-state index contributed by atoms with van der Waals surface area (Å²) in [6.45, 7) is 3.55. The average molecular weight is 175 g/mol. The zero-order valence-electron chi connectivity index (χ0n) is 7.48. The van der Waals surface area contributed by atoms with Crippen LogP contribution in [0.15, 0.2) is 48.1 Å². The first-order valence-corrected chi connectivity index (χ1v) is 4.24. The second kappa shape index (κ2) is 5.14. The van der Waals surface area contributed by atoms with Crippen LogP contribution in [-0.2, 0) is 6.42 Å². The van der Waals surface area contributed by atoms with Crippen LogP contribution in [0.3, 0.4) is 0 Å². The fraction of sp³-hybridized carbons (Fsp3) is 0.182. The number of oxime groups is 1. The van der Waals surface area contributed by atoms with Crippen LogP contribution in [0.4, 0.5) is 0 Å². The largest absolute Gasteiger partial charge is 0.411 e. The van der Waals surface area contributed by atoms with Gasteiger partial charge in [0.2, 0.25) is 0 Å². The predicted molar refractivity (Wildman–Crippen MR) is 54.2 cm³/mol. The summed E-state index contributed by atoms with van der Waals surface area (Å²) in [5, 5.41) is 11.6. The molecule has 0 unspecified atom stereocenters. The van der Waals surface area contributed by atoms with Crippen molar-refractivity contribution >= 4 is 5.71 Å². The van der Waals surface area contributed by atoms with Crippen LogP contribution in [0, 0.1) is 0 Å². The lowest BCUT2D eigenvalue weighted by molar-refractivity contribution is 0.318. The van der Waals surface area contributed by atoms with E-state index in [1.807, 2.05) is 18.2 Å². The second-order valence-electron chi connectivity index (χ2n) is 2.78. The molecule has 1 rings (SSSR count). The van der Waals surface area contributed by atoms with Gasteiger partial charge in [-0.1, -0.05) is 42.1 Å². The molecule has 0 saturated heterocycles. The predicted octanol–water partition coefficient (Wildman–Crippen LogP) is 2.64. The molecule has 0 aromatic heterocycles. The highest BCUT2D eigenvalue weighted by Gasteiger charge is 1.95. The molecule has 0 fully saturated rings. The van der Waals surface area contributed by atoms with Gasteiger partial charge in [-0.2, -0.15) is 0 Å². The van der Waals surface area contributed by atoms with Gasteiger partial charge in [0, 0.05) is 0 Å². The fourth-order valence-electron chi connectivity index (χ4n) is 1.11. The molecule has 0 heterocycles. The standard InChI is InChI=1S/C11H13NO/c1-2-11(12-13)9-8-10-6-4-3-5-7-10/h2-7,13H,1,8-9H2/b12-11+. The Labute approximate surface area is 78.2 Å². The van der Waals surface area contributed by atoms with Gasteiger partial charge in [-0.05, 0) is 24.5 Å². The average Bonchev–Trinajstić information content (AvgIpc) is 2.21. The quantitative estimate of drug-likeness (QED) is 0.426. The van der Waals surface area contributed by atoms with Crippen molar-refractivity contribution in [1.29, 1.82) is 0 Å². The van der Waals surface area contributed by atoms with Gasteiger partial charge in [0.05, 0.1) is 5.71 Å². The summed E-state index contributed by atoms with van der Waals surface area (Å²) in [5.41, 5.74) is 1.87. The van der Waals surface area contributed by atoms with Crippen molar-refractivity contribution in [2.45, 2.75) is 12.8 Å². The first-order valence-electron chi connectivity index (χ1n) is 4.24. The van der Waals surface area contributed by atoms with Gasteiger partial charge in [0.25, 0.3) is 0 Å². The minimum absolute atomic E-state index is 0.629. The van der Waals surface area contributed by atoms with E-state index in [0.29, 0.717) is 5.71 Å². The lowest BCUT2D eigenvalue weighted by Crippen LogP contribution is -1.96. The molecule has 68 valence electrons. The third-order valence-electron chi connectivity index (χ3n) is 1.88. The number of hydrogen-bond acceptors (Lipinski definition) is 2. The van der Waals surface area contributed by atoms with Crippen molar-refractivity contribution in [2.75, 3.05) is 0 Å². The van der Waals surface area contributed by atoms with E-state index in [2.05, 4.69) is 23.9 Å². The SMILES string of the molecule is C=C/C(CCc1ccccc1)=N\O. The maximum absolute atomic E-state index is 8.52. The van der Waals surface area contributed by atoms with Gasteiger partial charge in [-0.25, -0.2) is 0 Å². The zero-order valence-corrected chi connectivity index (χ0v) is 7.48. The van der Waals surface area contributed by atoms with E-state index in [0.717, 1.165) is 12.8 Å². The minimum Gasteiger partial charge on any atom is -0.411 e. The summed E-state index contributed by atoms with van der Waals surface area (Å²) in [4.78, 5) is 0. The monoisotopic (exact) mass is 175 g/mol. The van der Waals surface area contributed by atoms with E-state index in [9.17, 15) is 0 Å². The van der Waals surface area contributed by atoms with Crippen molar-refractivity contribution in [3.8, 4) is 0 Å². The lowest BCUT2D eigenvalue weighted by Gasteiger charge is -1.99. The van der Waals surface area contributed by atoms with Crippen LogP contribution in [-0.4, -0.2) is 10.9 Å². The number of rotatable bonds is 4. The molecule has 0 aliphatic heterocycles. The van der Waals surface area contributed by atoms with E-state index in [-0.39, 0.29) is 0 Å². The number of aryl methyl sites for hydroxylation is 1. The Morgan fingerprint density at radius 3 is 2.62 bits per heavy atom. The molecule has 1 aromatic rings. The third kappa shape index (κ3) is 3.11. The van der Waals surface area contributed by atoms with E-state index < -0.39 is 0 Å². The van der Waals surface area contributed by atoms with Crippen molar-refractivity contribution in [1.82, 2.24) is 0 Å². The molecule has 13 heavy (non-hydrogen) atoms. The molecule has 1 N–H and O–H groups in total. The Morgan fingerprint density at radius 2 is 2.08 bits per heavy atom. The Morgan fingerprint density at radius 1 is 1.38 bits per heavy atom. The Hall–Kier alpha value is -1.57. The van der Waals surface area contributed by atoms with E-state index >= 15 is 0 Å². The third-order valence-corrected chi connectivity index (χ3v) is 1.88. The Bertz CT molecular complexity index is 290. The summed E-state index contributed by atoms with van der Waals surface area (Å²) >= 11 is 0. The molecule has 2 nitrogen and oxygen atoms in total. The summed E-state index contributed by atoms with van der Waals surface area (Å²) in [6.07, 6.45) is 3.18. The highest BCUT2D eigenvalue weighted by Crippen LogP contribution is 2.03. The van der Waals surface area contributed by atoms with Gasteiger partial charge >= 0.3 is 0 Å². The number of hydrogen-bond donors (Lipinski definition) is 1. The number of benzene rings is 1. The Kier molecular flexibility index (Phi) is 3.76. The van der Waals surface area contributed by atoms with Crippen molar-refractivity contribution in [3.63, 3.8) is 0 Å². The molecule has 0 aliphatic carbocycles. The van der Waals surface area contributed by atoms with Crippen molar-refractivity contribution < 1.29 is 5.21 Å². The van der Waals surface area contributed by atoms with Crippen LogP contribution in [0.2, 0.25) is 0 Å². The first-order chi connectivity index (χ1) is 6.36. The summed E-state index contributed by atoms with van der Waals surface area (Å²) in [5.74, 6) is 0.